The van der Waals surface area contributed by atoms with Crippen molar-refractivity contribution in [3.8, 4) is 11.1 Å². The van der Waals surface area contributed by atoms with Gasteiger partial charge in [0, 0.05) is 23.6 Å². The van der Waals surface area contributed by atoms with Crippen LogP contribution in [0.1, 0.15) is 25.0 Å². The van der Waals surface area contributed by atoms with Crippen LogP contribution in [0, 0.1) is 5.92 Å². The lowest BCUT2D eigenvalue weighted by Crippen LogP contribution is -1.97. The standard InChI is InChI=1S/C14H16ClN3/c1-8-6-11(8)13-12(14(16)18(2)17-13)9-4-3-5-10(15)7-9/h3-5,7-8,11H,6,16H2,1-2H3. The summed E-state index contributed by atoms with van der Waals surface area (Å²) in [6.07, 6.45) is 1.20. The van der Waals surface area contributed by atoms with Crippen LogP contribution < -0.4 is 5.73 Å². The lowest BCUT2D eigenvalue weighted by Gasteiger charge is -2.04. The van der Waals surface area contributed by atoms with Crippen LogP contribution in [0.25, 0.3) is 11.1 Å². The smallest absolute Gasteiger partial charge is 0.129 e. The molecule has 18 heavy (non-hydrogen) atoms. The van der Waals surface area contributed by atoms with E-state index in [4.69, 9.17) is 17.3 Å². The minimum atomic E-state index is 0.544. The highest BCUT2D eigenvalue weighted by molar-refractivity contribution is 6.30. The normalized spacial score (nSPS) is 22.2. The molecule has 2 aromatic rings. The third kappa shape index (κ3) is 1.79. The Balaban J connectivity index is 2.15. The minimum absolute atomic E-state index is 0.544. The van der Waals surface area contributed by atoms with Gasteiger partial charge >= 0.3 is 0 Å². The van der Waals surface area contributed by atoms with Crippen molar-refractivity contribution >= 4 is 17.4 Å². The van der Waals surface area contributed by atoms with Crippen molar-refractivity contribution in [3.05, 3.63) is 35.0 Å². The predicted molar refractivity (Wildman–Crippen MR) is 74.6 cm³/mol. The molecule has 0 amide bonds. The molecule has 0 radical (unpaired) electrons. The fourth-order valence-electron chi connectivity index (χ4n) is 2.46. The second-order valence-electron chi connectivity index (χ2n) is 5.10. The number of halogens is 1. The maximum atomic E-state index is 6.15. The zero-order valence-electron chi connectivity index (χ0n) is 10.5. The van der Waals surface area contributed by atoms with Crippen LogP contribution in [0.15, 0.2) is 24.3 Å². The lowest BCUT2D eigenvalue weighted by molar-refractivity contribution is 0.743. The molecule has 3 rings (SSSR count). The van der Waals surface area contributed by atoms with E-state index in [2.05, 4.69) is 12.0 Å². The van der Waals surface area contributed by atoms with E-state index in [1.807, 2.05) is 31.3 Å². The van der Waals surface area contributed by atoms with Gasteiger partial charge in [0.15, 0.2) is 0 Å². The highest BCUT2D eigenvalue weighted by Gasteiger charge is 2.39. The van der Waals surface area contributed by atoms with Gasteiger partial charge in [0.2, 0.25) is 0 Å². The van der Waals surface area contributed by atoms with E-state index < -0.39 is 0 Å². The Hall–Kier alpha value is -1.48. The summed E-state index contributed by atoms with van der Waals surface area (Å²) in [5, 5.41) is 5.30. The molecule has 0 spiro atoms. The molecule has 1 aromatic heterocycles. The Kier molecular flexibility index (Phi) is 2.59. The van der Waals surface area contributed by atoms with Crippen molar-refractivity contribution < 1.29 is 0 Å². The lowest BCUT2D eigenvalue weighted by atomic mass is 10.0. The number of aryl methyl sites for hydroxylation is 1. The number of nitrogens with two attached hydrogens (primary N) is 1. The molecule has 0 bridgehead atoms. The van der Waals surface area contributed by atoms with Gasteiger partial charge < -0.3 is 5.73 Å². The molecule has 94 valence electrons. The summed E-state index contributed by atoms with van der Waals surface area (Å²) >= 11 is 6.06. The maximum Gasteiger partial charge on any atom is 0.129 e. The molecule has 3 nitrogen and oxygen atoms in total. The monoisotopic (exact) mass is 261 g/mol. The highest BCUT2D eigenvalue weighted by atomic mass is 35.5. The Morgan fingerprint density at radius 1 is 1.44 bits per heavy atom. The SMILES string of the molecule is CC1CC1c1nn(C)c(N)c1-c1cccc(Cl)c1. The molecule has 1 aliphatic carbocycles. The predicted octanol–water partition coefficient (Wildman–Crippen LogP) is 3.45. The van der Waals surface area contributed by atoms with Crippen LogP contribution in [0.4, 0.5) is 5.82 Å². The first-order valence-corrected chi connectivity index (χ1v) is 6.54. The van der Waals surface area contributed by atoms with E-state index in [1.165, 1.54) is 6.42 Å². The van der Waals surface area contributed by atoms with E-state index in [0.717, 1.165) is 21.8 Å². The van der Waals surface area contributed by atoms with E-state index in [-0.39, 0.29) is 0 Å². The molecule has 2 N–H and O–H groups in total. The summed E-state index contributed by atoms with van der Waals surface area (Å²) in [7, 11) is 1.89. The highest BCUT2D eigenvalue weighted by Crippen LogP contribution is 2.50. The molecule has 0 aliphatic heterocycles. The zero-order valence-corrected chi connectivity index (χ0v) is 11.3. The summed E-state index contributed by atoms with van der Waals surface area (Å²) in [6.45, 7) is 2.25. The molecule has 1 aliphatic rings. The van der Waals surface area contributed by atoms with Crippen molar-refractivity contribution in [1.82, 2.24) is 9.78 Å². The average Bonchev–Trinajstić information content (AvgIpc) is 2.97. The summed E-state index contributed by atoms with van der Waals surface area (Å²) in [4.78, 5) is 0. The molecule has 4 heteroatoms. The molecule has 1 heterocycles. The van der Waals surface area contributed by atoms with Gasteiger partial charge in [0.1, 0.15) is 5.82 Å². The molecule has 1 fully saturated rings. The third-order valence-electron chi connectivity index (χ3n) is 3.69. The number of hydrogen-bond acceptors (Lipinski definition) is 2. The quantitative estimate of drug-likeness (QED) is 0.900. The van der Waals surface area contributed by atoms with Crippen molar-refractivity contribution in [3.63, 3.8) is 0 Å². The summed E-state index contributed by atoms with van der Waals surface area (Å²) in [5.74, 6) is 1.96. The topological polar surface area (TPSA) is 43.8 Å². The third-order valence-corrected chi connectivity index (χ3v) is 3.93. The average molecular weight is 262 g/mol. The second-order valence-corrected chi connectivity index (χ2v) is 5.54. The fraction of sp³-hybridized carbons (Fsp3) is 0.357. The minimum Gasteiger partial charge on any atom is -0.383 e. The van der Waals surface area contributed by atoms with Gasteiger partial charge in [-0.2, -0.15) is 5.10 Å². The van der Waals surface area contributed by atoms with Crippen LogP contribution in [0.5, 0.6) is 0 Å². The van der Waals surface area contributed by atoms with Gasteiger partial charge in [-0.1, -0.05) is 30.7 Å². The molecular weight excluding hydrogens is 246 g/mol. The van der Waals surface area contributed by atoms with Crippen molar-refractivity contribution in [2.45, 2.75) is 19.3 Å². The van der Waals surface area contributed by atoms with Crippen LogP contribution in [-0.2, 0) is 7.05 Å². The number of nitrogen functional groups attached to an aromatic ring is 1. The maximum absolute atomic E-state index is 6.15. The molecule has 2 unspecified atom stereocenters. The summed E-state index contributed by atoms with van der Waals surface area (Å²) in [5.41, 5.74) is 9.38. The summed E-state index contributed by atoms with van der Waals surface area (Å²) < 4.78 is 1.76. The van der Waals surface area contributed by atoms with Crippen LogP contribution in [0.2, 0.25) is 5.02 Å². The Labute approximate surface area is 112 Å². The number of anilines is 1. The fourth-order valence-corrected chi connectivity index (χ4v) is 2.65. The summed E-state index contributed by atoms with van der Waals surface area (Å²) in [6, 6.07) is 7.81. The Morgan fingerprint density at radius 2 is 2.17 bits per heavy atom. The Morgan fingerprint density at radius 3 is 2.78 bits per heavy atom. The van der Waals surface area contributed by atoms with Crippen molar-refractivity contribution in [2.24, 2.45) is 13.0 Å². The molecule has 1 saturated carbocycles. The van der Waals surface area contributed by atoms with Crippen LogP contribution in [0.3, 0.4) is 0 Å². The van der Waals surface area contributed by atoms with E-state index in [0.29, 0.717) is 17.7 Å². The van der Waals surface area contributed by atoms with Crippen molar-refractivity contribution in [1.29, 1.82) is 0 Å². The molecule has 1 aromatic carbocycles. The van der Waals surface area contributed by atoms with Gasteiger partial charge in [0.05, 0.1) is 5.69 Å². The largest absolute Gasteiger partial charge is 0.383 e. The first-order valence-electron chi connectivity index (χ1n) is 6.16. The number of nitrogens with zero attached hydrogens (tertiary/aromatic N) is 2. The first kappa shape index (κ1) is 11.6. The van der Waals surface area contributed by atoms with Gasteiger partial charge in [-0.05, 0) is 30.0 Å². The van der Waals surface area contributed by atoms with E-state index >= 15 is 0 Å². The number of hydrogen-bond donors (Lipinski definition) is 1. The van der Waals surface area contributed by atoms with Gasteiger partial charge in [0.25, 0.3) is 0 Å². The zero-order chi connectivity index (χ0) is 12.9. The first-order chi connectivity index (χ1) is 8.58. The number of rotatable bonds is 2. The Bertz CT molecular complexity index is 603. The van der Waals surface area contributed by atoms with Gasteiger partial charge in [-0.25, -0.2) is 0 Å². The number of benzene rings is 1. The molecule has 0 saturated heterocycles. The number of aromatic nitrogens is 2. The second kappa shape index (κ2) is 4.02. The van der Waals surface area contributed by atoms with Crippen LogP contribution >= 0.6 is 11.6 Å². The molecular formula is C14H16ClN3. The van der Waals surface area contributed by atoms with Gasteiger partial charge in [-0.3, -0.25) is 4.68 Å². The van der Waals surface area contributed by atoms with E-state index in [9.17, 15) is 0 Å². The van der Waals surface area contributed by atoms with Crippen LogP contribution in [-0.4, -0.2) is 9.78 Å². The molecule has 2 atom stereocenters. The van der Waals surface area contributed by atoms with E-state index in [1.54, 1.807) is 4.68 Å². The van der Waals surface area contributed by atoms with Gasteiger partial charge in [-0.15, -0.1) is 0 Å². The van der Waals surface area contributed by atoms with Crippen molar-refractivity contribution in [2.75, 3.05) is 5.73 Å².